The third-order valence-corrected chi connectivity index (χ3v) is 6.22. The lowest BCUT2D eigenvalue weighted by Gasteiger charge is -2.19. The molecule has 2 aromatic carbocycles. The van der Waals surface area contributed by atoms with Crippen molar-refractivity contribution in [2.24, 2.45) is 0 Å². The fourth-order valence-electron chi connectivity index (χ4n) is 2.93. The quantitative estimate of drug-likeness (QED) is 0.489. The van der Waals surface area contributed by atoms with Crippen LogP contribution in [-0.4, -0.2) is 20.0 Å². The molecule has 5 nitrogen and oxygen atoms in total. The maximum atomic E-state index is 12.7. The van der Waals surface area contributed by atoms with E-state index in [4.69, 9.17) is 4.42 Å². The number of rotatable bonds is 4. The van der Waals surface area contributed by atoms with Gasteiger partial charge in [0.25, 0.3) is 0 Å². The number of benzene rings is 2. The summed E-state index contributed by atoms with van der Waals surface area (Å²) >= 11 is 0. The molecule has 146 valence electrons. The van der Waals surface area contributed by atoms with Crippen LogP contribution in [0.4, 0.5) is 0 Å². The van der Waals surface area contributed by atoms with E-state index in [0.717, 1.165) is 11.1 Å². The van der Waals surface area contributed by atoms with Gasteiger partial charge in [-0.2, -0.15) is 0 Å². The van der Waals surface area contributed by atoms with E-state index >= 15 is 0 Å². The minimum atomic E-state index is -3.88. The first-order valence-corrected chi connectivity index (χ1v) is 10.5. The summed E-state index contributed by atoms with van der Waals surface area (Å²) in [6.07, 6.45) is 0. The second kappa shape index (κ2) is 7.02. The Kier molecular flexibility index (Phi) is 5.02. The van der Waals surface area contributed by atoms with Gasteiger partial charge in [0.15, 0.2) is 15.6 Å². The lowest BCUT2D eigenvalue weighted by atomic mass is 9.87. The number of ketones is 1. The van der Waals surface area contributed by atoms with E-state index in [9.17, 15) is 18.0 Å². The molecular weight excluding hydrogens is 376 g/mol. The molecule has 3 rings (SSSR count). The smallest absolute Gasteiger partial charge is 0.347 e. The van der Waals surface area contributed by atoms with Crippen LogP contribution in [-0.2, 0) is 15.3 Å². The highest BCUT2D eigenvalue weighted by molar-refractivity contribution is 7.92. The summed E-state index contributed by atoms with van der Waals surface area (Å²) in [5.74, 6) is -1.57. The van der Waals surface area contributed by atoms with E-state index in [1.54, 1.807) is 30.3 Å². The molecule has 0 amide bonds. The molecule has 6 heteroatoms. The van der Waals surface area contributed by atoms with E-state index in [1.165, 1.54) is 18.2 Å². The van der Waals surface area contributed by atoms with Crippen LogP contribution in [0.3, 0.4) is 0 Å². The maximum Gasteiger partial charge on any atom is 0.347 e. The SMILES string of the molecule is Cc1ccc2oc(=O)c(C(=O)CS(=O)(=O)c3ccc(C(C)(C)C)cc3)cc2c1. The average molecular weight is 398 g/mol. The van der Waals surface area contributed by atoms with Crippen LogP contribution in [0.15, 0.2) is 62.6 Å². The second-order valence-electron chi connectivity index (χ2n) is 7.95. The first-order chi connectivity index (χ1) is 13.0. The molecule has 0 aliphatic rings. The van der Waals surface area contributed by atoms with Gasteiger partial charge in [-0.05, 0) is 48.2 Å². The molecular formula is C22H22O5S. The Morgan fingerprint density at radius 1 is 1.00 bits per heavy atom. The van der Waals surface area contributed by atoms with Crippen LogP contribution in [0, 0.1) is 6.92 Å². The number of hydrogen-bond donors (Lipinski definition) is 0. The van der Waals surface area contributed by atoms with Crippen molar-refractivity contribution in [3.8, 4) is 0 Å². The van der Waals surface area contributed by atoms with Crippen LogP contribution in [0.25, 0.3) is 11.0 Å². The first kappa shape index (κ1) is 20.0. The van der Waals surface area contributed by atoms with Gasteiger partial charge in [-0.15, -0.1) is 0 Å². The van der Waals surface area contributed by atoms with Gasteiger partial charge in [-0.3, -0.25) is 4.79 Å². The third kappa shape index (κ3) is 4.07. The van der Waals surface area contributed by atoms with Crippen molar-refractivity contribution in [1.29, 1.82) is 0 Å². The number of carbonyl (C=O) groups excluding carboxylic acids is 1. The third-order valence-electron chi connectivity index (χ3n) is 4.59. The van der Waals surface area contributed by atoms with Crippen molar-refractivity contribution in [2.45, 2.75) is 38.0 Å². The van der Waals surface area contributed by atoms with Gasteiger partial charge in [0.2, 0.25) is 0 Å². The number of hydrogen-bond acceptors (Lipinski definition) is 5. The standard InChI is InChI=1S/C22H22O5S/c1-14-5-10-20-15(11-14)12-18(21(24)27-20)19(23)13-28(25,26)17-8-6-16(7-9-17)22(2,3)4/h5-12H,13H2,1-4H3. The molecule has 0 bridgehead atoms. The van der Waals surface area contributed by atoms with E-state index in [0.29, 0.717) is 11.0 Å². The molecule has 0 fully saturated rings. The summed E-state index contributed by atoms with van der Waals surface area (Å²) < 4.78 is 30.5. The fraction of sp³-hybridized carbons (Fsp3) is 0.273. The number of Topliss-reactive ketones (excluding diaryl/α,β-unsaturated/α-hetero) is 1. The minimum absolute atomic E-state index is 0.0508. The number of fused-ring (bicyclic) bond motifs is 1. The monoisotopic (exact) mass is 398 g/mol. The highest BCUT2D eigenvalue weighted by Crippen LogP contribution is 2.24. The van der Waals surface area contributed by atoms with Crippen LogP contribution < -0.4 is 5.63 Å². The molecule has 0 N–H and O–H groups in total. The zero-order valence-electron chi connectivity index (χ0n) is 16.3. The summed E-state index contributed by atoms with van der Waals surface area (Å²) in [7, 11) is -3.88. The van der Waals surface area contributed by atoms with E-state index in [1.807, 2.05) is 27.7 Å². The highest BCUT2D eigenvalue weighted by atomic mass is 32.2. The van der Waals surface area contributed by atoms with Gasteiger partial charge in [-0.25, -0.2) is 13.2 Å². The molecule has 0 atom stereocenters. The fourth-order valence-corrected chi connectivity index (χ4v) is 4.15. The summed E-state index contributed by atoms with van der Waals surface area (Å²) in [4.78, 5) is 24.8. The Morgan fingerprint density at radius 2 is 1.64 bits per heavy atom. The van der Waals surface area contributed by atoms with Crippen LogP contribution in [0.5, 0.6) is 0 Å². The van der Waals surface area contributed by atoms with Crippen LogP contribution in [0.2, 0.25) is 0 Å². The molecule has 28 heavy (non-hydrogen) atoms. The highest BCUT2D eigenvalue weighted by Gasteiger charge is 2.24. The van der Waals surface area contributed by atoms with E-state index < -0.39 is 27.0 Å². The summed E-state index contributed by atoms with van der Waals surface area (Å²) in [6.45, 7) is 7.96. The van der Waals surface area contributed by atoms with Gasteiger partial charge in [0.05, 0.1) is 4.90 Å². The topological polar surface area (TPSA) is 81.4 Å². The van der Waals surface area contributed by atoms with Gasteiger partial charge < -0.3 is 4.42 Å². The minimum Gasteiger partial charge on any atom is -0.422 e. The van der Waals surface area contributed by atoms with Crippen molar-refractivity contribution in [2.75, 3.05) is 5.75 Å². The molecule has 0 saturated heterocycles. The molecule has 0 spiro atoms. The Labute approximate surface area is 163 Å². The zero-order valence-corrected chi connectivity index (χ0v) is 17.1. The van der Waals surface area contributed by atoms with Gasteiger partial charge >= 0.3 is 5.63 Å². The maximum absolute atomic E-state index is 12.7. The molecule has 0 aliphatic heterocycles. The average Bonchev–Trinajstić information content (AvgIpc) is 2.60. The molecule has 0 unspecified atom stereocenters. The predicted molar refractivity (Wildman–Crippen MR) is 109 cm³/mol. The molecule has 0 saturated carbocycles. The molecule has 3 aromatic rings. The number of aryl methyl sites for hydroxylation is 1. The van der Waals surface area contributed by atoms with Crippen molar-refractivity contribution in [1.82, 2.24) is 0 Å². The second-order valence-corrected chi connectivity index (χ2v) is 9.94. The van der Waals surface area contributed by atoms with Crippen molar-refractivity contribution >= 4 is 26.6 Å². The lowest BCUT2D eigenvalue weighted by Crippen LogP contribution is -2.22. The van der Waals surface area contributed by atoms with E-state index in [-0.39, 0.29) is 15.9 Å². The largest absolute Gasteiger partial charge is 0.422 e. The van der Waals surface area contributed by atoms with Crippen LogP contribution in [0.1, 0.15) is 42.3 Å². The Bertz CT molecular complexity index is 1210. The molecule has 1 heterocycles. The predicted octanol–water partition coefficient (Wildman–Crippen LogP) is 4.06. The number of carbonyl (C=O) groups is 1. The van der Waals surface area contributed by atoms with Crippen LogP contribution >= 0.6 is 0 Å². The Balaban J connectivity index is 1.92. The van der Waals surface area contributed by atoms with Crippen molar-refractivity contribution in [3.63, 3.8) is 0 Å². The summed E-state index contributed by atoms with van der Waals surface area (Å²) in [6, 6.07) is 13.1. The van der Waals surface area contributed by atoms with Crippen molar-refractivity contribution < 1.29 is 17.6 Å². The molecule has 0 radical (unpaired) electrons. The first-order valence-electron chi connectivity index (χ1n) is 8.88. The van der Waals surface area contributed by atoms with Gasteiger partial charge in [0.1, 0.15) is 16.9 Å². The lowest BCUT2D eigenvalue weighted by molar-refractivity contribution is 0.101. The van der Waals surface area contributed by atoms with Gasteiger partial charge in [0, 0.05) is 5.39 Å². The number of sulfone groups is 1. The summed E-state index contributed by atoms with van der Waals surface area (Å²) in [5.41, 5.74) is 1.08. The molecule has 1 aromatic heterocycles. The van der Waals surface area contributed by atoms with Crippen molar-refractivity contribution in [3.05, 3.63) is 75.6 Å². The summed E-state index contributed by atoms with van der Waals surface area (Å²) in [5, 5.41) is 0.579. The van der Waals surface area contributed by atoms with E-state index in [2.05, 4.69) is 0 Å². The molecule has 0 aliphatic carbocycles. The van der Waals surface area contributed by atoms with Gasteiger partial charge in [-0.1, -0.05) is 44.5 Å². The Hall–Kier alpha value is -2.73. The Morgan fingerprint density at radius 3 is 2.25 bits per heavy atom. The normalized spacial score (nSPS) is 12.3. The zero-order chi connectivity index (χ0) is 20.7.